The van der Waals surface area contributed by atoms with Crippen molar-refractivity contribution in [3.8, 4) is 5.95 Å². The minimum absolute atomic E-state index is 0.0286. The molecule has 4 aromatic rings. The molecule has 0 aliphatic rings. The van der Waals surface area contributed by atoms with E-state index in [-0.39, 0.29) is 34.8 Å². The maximum absolute atomic E-state index is 12.3. The van der Waals surface area contributed by atoms with Gasteiger partial charge in [-0.05, 0) is 12.1 Å². The molecule has 0 atom stereocenters. The quantitative estimate of drug-likeness (QED) is 0.435. The Labute approximate surface area is 154 Å². The van der Waals surface area contributed by atoms with Gasteiger partial charge in [0.1, 0.15) is 0 Å². The Morgan fingerprint density at radius 2 is 1.86 bits per heavy atom. The third kappa shape index (κ3) is 2.98. The molecule has 0 spiro atoms. The summed E-state index contributed by atoms with van der Waals surface area (Å²) in [4.78, 5) is 49.1. The van der Waals surface area contributed by atoms with E-state index in [0.717, 1.165) is 10.9 Å². The standard InChI is InChI=1S/C16H11N7O5/c24-13-11-12(20-16(21-13)23-5-9(4-19-23)15(27)28)22(7-18-11)6-10-2-1-8(3-17-10)14(25)26/h1-5,7H,6H2,(H,25,26)(H,27,28)(H,20,21,24). The number of nitrogens with zero attached hydrogens (tertiary/aromatic N) is 6. The van der Waals surface area contributed by atoms with E-state index in [0.29, 0.717) is 5.69 Å². The SMILES string of the molecule is O=C(O)c1ccc(Cn2cnc3c(=O)[nH]c(-n4cc(C(=O)O)cn4)nc32)nc1. The fourth-order valence-electron chi connectivity index (χ4n) is 2.53. The first-order valence-corrected chi connectivity index (χ1v) is 7.84. The number of hydrogen-bond acceptors (Lipinski definition) is 7. The Morgan fingerprint density at radius 1 is 1.07 bits per heavy atom. The third-order valence-corrected chi connectivity index (χ3v) is 3.91. The number of carboxylic acids is 2. The summed E-state index contributed by atoms with van der Waals surface area (Å²) < 4.78 is 2.71. The van der Waals surface area contributed by atoms with Crippen LogP contribution in [0.4, 0.5) is 0 Å². The van der Waals surface area contributed by atoms with Crippen LogP contribution >= 0.6 is 0 Å². The highest BCUT2D eigenvalue weighted by Gasteiger charge is 2.14. The van der Waals surface area contributed by atoms with Crippen molar-refractivity contribution in [3.05, 3.63) is 64.2 Å². The van der Waals surface area contributed by atoms with Crippen LogP contribution < -0.4 is 5.56 Å². The van der Waals surface area contributed by atoms with Gasteiger partial charge >= 0.3 is 11.9 Å². The number of carbonyl (C=O) groups is 2. The largest absolute Gasteiger partial charge is 0.478 e. The molecule has 12 nitrogen and oxygen atoms in total. The zero-order valence-electron chi connectivity index (χ0n) is 14.0. The van der Waals surface area contributed by atoms with E-state index in [1.807, 2.05) is 0 Å². The van der Waals surface area contributed by atoms with Gasteiger partial charge in [0.2, 0.25) is 5.95 Å². The second-order valence-corrected chi connectivity index (χ2v) is 5.76. The van der Waals surface area contributed by atoms with Crippen molar-refractivity contribution in [2.75, 3.05) is 0 Å². The molecular formula is C16H11N7O5. The Kier molecular flexibility index (Phi) is 3.92. The molecule has 0 aromatic carbocycles. The normalized spacial score (nSPS) is 11.0. The van der Waals surface area contributed by atoms with E-state index < -0.39 is 17.5 Å². The molecule has 140 valence electrons. The maximum Gasteiger partial charge on any atom is 0.338 e. The van der Waals surface area contributed by atoms with Gasteiger partial charge in [0.15, 0.2) is 11.2 Å². The van der Waals surface area contributed by atoms with Crippen molar-refractivity contribution in [2.24, 2.45) is 0 Å². The lowest BCUT2D eigenvalue weighted by atomic mass is 10.2. The summed E-state index contributed by atoms with van der Waals surface area (Å²) in [6.45, 7) is 0.200. The molecular weight excluding hydrogens is 370 g/mol. The van der Waals surface area contributed by atoms with Crippen molar-refractivity contribution in [3.63, 3.8) is 0 Å². The van der Waals surface area contributed by atoms with E-state index in [1.165, 1.54) is 24.8 Å². The topological polar surface area (TPSA) is 169 Å². The average Bonchev–Trinajstić information content (AvgIpc) is 3.30. The summed E-state index contributed by atoms with van der Waals surface area (Å²) in [6.07, 6.45) is 5.01. The number of rotatable bonds is 5. The Bertz CT molecular complexity index is 1270. The fourth-order valence-corrected chi connectivity index (χ4v) is 2.53. The lowest BCUT2D eigenvalue weighted by Crippen LogP contribution is -2.15. The van der Waals surface area contributed by atoms with Gasteiger partial charge in [0, 0.05) is 12.4 Å². The molecule has 0 aliphatic carbocycles. The number of aromatic carboxylic acids is 2. The molecule has 12 heteroatoms. The first-order valence-electron chi connectivity index (χ1n) is 7.84. The Hall–Kier alpha value is -4.35. The zero-order chi connectivity index (χ0) is 19.8. The molecule has 0 radical (unpaired) electrons. The highest BCUT2D eigenvalue weighted by molar-refractivity contribution is 5.87. The van der Waals surface area contributed by atoms with Gasteiger partial charge in [0.25, 0.3) is 5.56 Å². The number of H-pyrrole nitrogens is 1. The molecule has 0 saturated heterocycles. The zero-order valence-corrected chi connectivity index (χ0v) is 14.0. The smallest absolute Gasteiger partial charge is 0.338 e. The van der Waals surface area contributed by atoms with Crippen LogP contribution in [0.15, 0.2) is 41.8 Å². The number of aromatic nitrogens is 7. The minimum atomic E-state index is -1.16. The second-order valence-electron chi connectivity index (χ2n) is 5.76. The first-order chi connectivity index (χ1) is 13.4. The molecule has 0 unspecified atom stereocenters. The summed E-state index contributed by atoms with van der Waals surface area (Å²) in [5.74, 6) is -2.21. The van der Waals surface area contributed by atoms with E-state index in [1.54, 1.807) is 10.6 Å². The van der Waals surface area contributed by atoms with Crippen LogP contribution in [0.3, 0.4) is 0 Å². The van der Waals surface area contributed by atoms with Crippen LogP contribution in [0.1, 0.15) is 26.4 Å². The minimum Gasteiger partial charge on any atom is -0.478 e. The first kappa shape index (κ1) is 17.1. The lowest BCUT2D eigenvalue weighted by Gasteiger charge is -2.05. The molecule has 0 saturated carbocycles. The number of hydrogen-bond donors (Lipinski definition) is 3. The maximum atomic E-state index is 12.3. The van der Waals surface area contributed by atoms with Crippen LogP contribution in [-0.2, 0) is 6.54 Å². The van der Waals surface area contributed by atoms with Gasteiger partial charge in [0.05, 0.1) is 35.9 Å². The number of aromatic amines is 1. The monoisotopic (exact) mass is 381 g/mol. The molecule has 28 heavy (non-hydrogen) atoms. The van der Waals surface area contributed by atoms with Crippen molar-refractivity contribution in [1.82, 2.24) is 34.3 Å². The molecule has 0 aliphatic heterocycles. The highest BCUT2D eigenvalue weighted by Crippen LogP contribution is 2.11. The predicted molar refractivity (Wildman–Crippen MR) is 92.5 cm³/mol. The van der Waals surface area contributed by atoms with E-state index in [9.17, 15) is 14.4 Å². The summed E-state index contributed by atoms with van der Waals surface area (Å²) in [5, 5.41) is 21.8. The van der Waals surface area contributed by atoms with Crippen molar-refractivity contribution < 1.29 is 19.8 Å². The van der Waals surface area contributed by atoms with Gasteiger partial charge < -0.3 is 14.8 Å². The van der Waals surface area contributed by atoms with Crippen molar-refractivity contribution >= 4 is 23.1 Å². The predicted octanol–water partition coefficient (Wildman–Crippen LogP) is 0.145. The molecule has 4 aromatic heterocycles. The molecule has 4 heterocycles. The lowest BCUT2D eigenvalue weighted by molar-refractivity contribution is 0.0685. The van der Waals surface area contributed by atoms with Gasteiger partial charge in [-0.2, -0.15) is 10.1 Å². The van der Waals surface area contributed by atoms with E-state index in [4.69, 9.17) is 10.2 Å². The molecule has 3 N–H and O–H groups in total. The number of imidazole rings is 1. The fraction of sp³-hybridized carbons (Fsp3) is 0.0625. The van der Waals surface area contributed by atoms with Crippen molar-refractivity contribution in [2.45, 2.75) is 6.54 Å². The van der Waals surface area contributed by atoms with Gasteiger partial charge in [-0.3, -0.25) is 14.8 Å². The molecule has 0 amide bonds. The molecule has 0 fully saturated rings. The van der Waals surface area contributed by atoms with Crippen LogP contribution in [0.5, 0.6) is 0 Å². The van der Waals surface area contributed by atoms with Gasteiger partial charge in [-0.25, -0.2) is 19.3 Å². The van der Waals surface area contributed by atoms with Crippen molar-refractivity contribution in [1.29, 1.82) is 0 Å². The van der Waals surface area contributed by atoms with Gasteiger partial charge in [-0.15, -0.1) is 0 Å². The Morgan fingerprint density at radius 3 is 2.50 bits per heavy atom. The van der Waals surface area contributed by atoms with Crippen LogP contribution in [-0.4, -0.2) is 56.4 Å². The van der Waals surface area contributed by atoms with Crippen LogP contribution in [0.25, 0.3) is 17.1 Å². The van der Waals surface area contributed by atoms with E-state index >= 15 is 0 Å². The average molecular weight is 381 g/mol. The van der Waals surface area contributed by atoms with Crippen LogP contribution in [0, 0.1) is 0 Å². The summed E-state index contributed by atoms with van der Waals surface area (Å²) in [6, 6.07) is 2.97. The molecule has 0 bridgehead atoms. The molecule has 4 rings (SSSR count). The highest BCUT2D eigenvalue weighted by atomic mass is 16.4. The number of pyridine rings is 1. The second kappa shape index (κ2) is 6.42. The Balaban J connectivity index is 1.73. The summed E-state index contributed by atoms with van der Waals surface area (Å²) in [5.41, 5.74) is 0.371. The van der Waals surface area contributed by atoms with Crippen LogP contribution in [0.2, 0.25) is 0 Å². The number of carboxylic acid groups (broad SMARTS) is 2. The summed E-state index contributed by atoms with van der Waals surface area (Å²) in [7, 11) is 0. The van der Waals surface area contributed by atoms with Gasteiger partial charge in [-0.1, -0.05) is 0 Å². The number of fused-ring (bicyclic) bond motifs is 1. The number of nitrogens with one attached hydrogen (secondary N) is 1. The third-order valence-electron chi connectivity index (χ3n) is 3.91. The summed E-state index contributed by atoms with van der Waals surface area (Å²) >= 11 is 0. The van der Waals surface area contributed by atoms with E-state index in [2.05, 4.69) is 25.0 Å².